The summed E-state index contributed by atoms with van der Waals surface area (Å²) in [5, 5.41) is 3.44. The second kappa shape index (κ2) is 4.13. The lowest BCUT2D eigenvalue weighted by atomic mass is 10.1. The van der Waals surface area contributed by atoms with Crippen LogP contribution >= 0.6 is 0 Å². The van der Waals surface area contributed by atoms with Crippen molar-refractivity contribution in [2.45, 2.75) is 25.7 Å². The van der Waals surface area contributed by atoms with Crippen LogP contribution in [-0.4, -0.2) is 0 Å². The minimum Gasteiger partial charge on any atom is -0.359 e. The molecule has 0 aromatic carbocycles. The molecule has 0 spiro atoms. The van der Waals surface area contributed by atoms with Gasteiger partial charge < -0.3 is 5.32 Å². The van der Waals surface area contributed by atoms with Crippen LogP contribution in [0.4, 0.5) is 0 Å². The molecule has 0 atom stereocenters. The van der Waals surface area contributed by atoms with Crippen LogP contribution in [-0.2, 0) is 0 Å². The van der Waals surface area contributed by atoms with Gasteiger partial charge in [0.2, 0.25) is 0 Å². The summed E-state index contributed by atoms with van der Waals surface area (Å²) in [5.74, 6) is 0. The maximum Gasteiger partial charge on any atom is 0.0338 e. The monoisotopic (exact) mass is 173 g/mol. The number of rotatable bonds is 2. The molecule has 0 fully saturated rings. The summed E-state index contributed by atoms with van der Waals surface area (Å²) in [5.41, 5.74) is 2.59. The van der Waals surface area contributed by atoms with Gasteiger partial charge in [-0.2, -0.15) is 0 Å². The molecule has 0 radical (unpaired) electrons. The van der Waals surface area contributed by atoms with Crippen LogP contribution in [0.15, 0.2) is 47.9 Å². The Morgan fingerprint density at radius 3 is 2.77 bits per heavy atom. The predicted octanol–water partition coefficient (Wildman–Crippen LogP) is 3.04. The quantitative estimate of drug-likeness (QED) is 0.676. The maximum atomic E-state index is 3.44. The molecule has 2 aliphatic rings. The van der Waals surface area contributed by atoms with Crippen molar-refractivity contribution in [3.63, 3.8) is 0 Å². The molecule has 0 amide bonds. The Morgan fingerprint density at radius 1 is 1.08 bits per heavy atom. The molecular formula is C12H15N. The van der Waals surface area contributed by atoms with E-state index >= 15 is 0 Å². The second-order valence-electron chi connectivity index (χ2n) is 3.42. The van der Waals surface area contributed by atoms with E-state index in [2.05, 4.69) is 41.8 Å². The fraction of sp³-hybridized carbons (Fsp3) is 0.333. The second-order valence-corrected chi connectivity index (χ2v) is 3.42. The number of hydrogen-bond acceptors (Lipinski definition) is 1. The molecule has 0 bridgehead atoms. The summed E-state index contributed by atoms with van der Waals surface area (Å²) in [6, 6.07) is 0. The third-order valence-corrected chi connectivity index (χ3v) is 2.31. The zero-order valence-electron chi connectivity index (χ0n) is 7.79. The Morgan fingerprint density at radius 2 is 2.08 bits per heavy atom. The van der Waals surface area contributed by atoms with Gasteiger partial charge in [-0.1, -0.05) is 24.3 Å². The molecule has 0 saturated heterocycles. The fourth-order valence-corrected chi connectivity index (χ4v) is 1.60. The molecule has 2 aliphatic carbocycles. The van der Waals surface area contributed by atoms with Crippen LogP contribution in [0, 0.1) is 0 Å². The van der Waals surface area contributed by atoms with Crippen molar-refractivity contribution in [3.8, 4) is 0 Å². The number of allylic oxidation sites excluding steroid dienone is 7. The predicted molar refractivity (Wildman–Crippen MR) is 56.0 cm³/mol. The lowest BCUT2D eigenvalue weighted by Gasteiger charge is -2.14. The van der Waals surface area contributed by atoms with E-state index in [0.717, 1.165) is 12.8 Å². The van der Waals surface area contributed by atoms with E-state index in [1.807, 2.05) is 0 Å². The molecule has 1 nitrogen and oxygen atoms in total. The van der Waals surface area contributed by atoms with Gasteiger partial charge in [0.15, 0.2) is 0 Å². The molecule has 1 N–H and O–H groups in total. The van der Waals surface area contributed by atoms with Crippen molar-refractivity contribution in [1.29, 1.82) is 0 Å². The van der Waals surface area contributed by atoms with Crippen LogP contribution in [0.3, 0.4) is 0 Å². The molecule has 68 valence electrons. The highest BCUT2D eigenvalue weighted by Crippen LogP contribution is 2.13. The van der Waals surface area contributed by atoms with E-state index in [9.17, 15) is 0 Å². The Labute approximate surface area is 79.5 Å². The van der Waals surface area contributed by atoms with E-state index in [0.29, 0.717) is 0 Å². The van der Waals surface area contributed by atoms with Crippen molar-refractivity contribution in [1.82, 2.24) is 5.32 Å². The highest BCUT2D eigenvalue weighted by molar-refractivity contribution is 5.27. The van der Waals surface area contributed by atoms with Crippen molar-refractivity contribution in [2.75, 3.05) is 0 Å². The molecule has 0 aromatic heterocycles. The van der Waals surface area contributed by atoms with E-state index < -0.39 is 0 Å². The molecule has 0 heterocycles. The normalized spacial score (nSPS) is 20.9. The van der Waals surface area contributed by atoms with Gasteiger partial charge in [-0.3, -0.25) is 0 Å². The van der Waals surface area contributed by atoms with Crippen LogP contribution in [0.5, 0.6) is 0 Å². The van der Waals surface area contributed by atoms with Gasteiger partial charge in [0, 0.05) is 11.4 Å². The van der Waals surface area contributed by atoms with Gasteiger partial charge in [0.25, 0.3) is 0 Å². The van der Waals surface area contributed by atoms with Crippen molar-refractivity contribution < 1.29 is 0 Å². The largest absolute Gasteiger partial charge is 0.359 e. The topological polar surface area (TPSA) is 12.0 Å². The highest BCUT2D eigenvalue weighted by Gasteiger charge is 2.01. The fourth-order valence-electron chi connectivity index (χ4n) is 1.60. The van der Waals surface area contributed by atoms with Gasteiger partial charge in [-0.15, -0.1) is 0 Å². The highest BCUT2D eigenvalue weighted by atomic mass is 14.9. The molecule has 0 aliphatic heterocycles. The summed E-state index contributed by atoms with van der Waals surface area (Å²) in [6.45, 7) is 0. The van der Waals surface area contributed by atoms with Crippen molar-refractivity contribution in [2.24, 2.45) is 0 Å². The van der Waals surface area contributed by atoms with E-state index in [1.54, 1.807) is 0 Å². The SMILES string of the molecule is C1=CCCC(NC2=CCCC=C2)=C1. The van der Waals surface area contributed by atoms with Crippen molar-refractivity contribution >= 4 is 0 Å². The molecular weight excluding hydrogens is 158 g/mol. The zero-order valence-corrected chi connectivity index (χ0v) is 7.79. The number of nitrogens with one attached hydrogen (secondary N) is 1. The lowest BCUT2D eigenvalue weighted by Crippen LogP contribution is -2.13. The van der Waals surface area contributed by atoms with Gasteiger partial charge in [0.05, 0.1) is 0 Å². The summed E-state index contributed by atoms with van der Waals surface area (Å²) < 4.78 is 0. The maximum absolute atomic E-state index is 3.44. The Bertz CT molecular complexity index is 292. The Balaban J connectivity index is 1.97. The van der Waals surface area contributed by atoms with E-state index in [-0.39, 0.29) is 0 Å². The minimum absolute atomic E-state index is 1.14. The van der Waals surface area contributed by atoms with Gasteiger partial charge in [0.1, 0.15) is 0 Å². The van der Waals surface area contributed by atoms with Crippen molar-refractivity contribution in [3.05, 3.63) is 47.9 Å². The van der Waals surface area contributed by atoms with Crippen LogP contribution in [0.2, 0.25) is 0 Å². The van der Waals surface area contributed by atoms with Crippen LogP contribution in [0.1, 0.15) is 25.7 Å². The molecule has 0 saturated carbocycles. The lowest BCUT2D eigenvalue weighted by molar-refractivity contribution is 0.836. The average molecular weight is 173 g/mol. The molecule has 1 heteroatoms. The first-order valence-electron chi connectivity index (χ1n) is 4.94. The first kappa shape index (κ1) is 8.36. The summed E-state index contributed by atoms with van der Waals surface area (Å²) in [4.78, 5) is 0. The summed E-state index contributed by atoms with van der Waals surface area (Å²) in [6.07, 6.45) is 17.8. The molecule has 0 aromatic rings. The standard InChI is InChI=1S/C12H15N/c1-3-7-11(8-4-1)13-12-9-5-2-6-10-12/h1,3,5,7,9-10,13H,2,4,6,8H2. The zero-order chi connectivity index (χ0) is 8.93. The average Bonchev–Trinajstić information content (AvgIpc) is 2.21. The van der Waals surface area contributed by atoms with Crippen LogP contribution < -0.4 is 5.32 Å². The summed E-state index contributed by atoms with van der Waals surface area (Å²) >= 11 is 0. The number of hydrogen-bond donors (Lipinski definition) is 1. The van der Waals surface area contributed by atoms with E-state index in [4.69, 9.17) is 0 Å². The van der Waals surface area contributed by atoms with Gasteiger partial charge >= 0.3 is 0 Å². The van der Waals surface area contributed by atoms with Crippen LogP contribution in [0.25, 0.3) is 0 Å². The third-order valence-electron chi connectivity index (χ3n) is 2.31. The molecule has 0 unspecified atom stereocenters. The summed E-state index contributed by atoms with van der Waals surface area (Å²) in [7, 11) is 0. The third kappa shape index (κ3) is 2.35. The Hall–Kier alpha value is -1.24. The first-order valence-corrected chi connectivity index (χ1v) is 4.94. The minimum atomic E-state index is 1.14. The Kier molecular flexibility index (Phi) is 2.65. The molecule has 13 heavy (non-hydrogen) atoms. The first-order chi connectivity index (χ1) is 6.45. The van der Waals surface area contributed by atoms with E-state index in [1.165, 1.54) is 24.2 Å². The van der Waals surface area contributed by atoms with Gasteiger partial charge in [-0.25, -0.2) is 0 Å². The molecule has 2 rings (SSSR count). The van der Waals surface area contributed by atoms with Gasteiger partial charge in [-0.05, 0) is 37.8 Å². The smallest absolute Gasteiger partial charge is 0.0338 e.